The van der Waals surface area contributed by atoms with Crippen molar-refractivity contribution in [1.82, 2.24) is 20.9 Å². The third-order valence-corrected chi connectivity index (χ3v) is 4.11. The predicted molar refractivity (Wildman–Crippen MR) is 90.9 cm³/mol. The molecule has 1 aliphatic rings. The average molecular weight is 367 g/mol. The van der Waals surface area contributed by atoms with Crippen LogP contribution in [0.1, 0.15) is 25.8 Å². The van der Waals surface area contributed by atoms with Crippen LogP contribution in [0.3, 0.4) is 0 Å². The number of carbonyl (C=O) groups excluding carboxylic acids is 4. The molecule has 1 heterocycles. The van der Waals surface area contributed by atoms with Crippen molar-refractivity contribution in [2.24, 2.45) is 0 Å². The zero-order valence-corrected chi connectivity index (χ0v) is 14.6. The Labute approximate surface area is 149 Å². The van der Waals surface area contributed by atoms with E-state index in [1.54, 1.807) is 24.3 Å². The zero-order chi connectivity index (χ0) is 18.6. The Morgan fingerprint density at radius 2 is 1.96 bits per heavy atom. The van der Waals surface area contributed by atoms with Crippen molar-refractivity contribution in [3.63, 3.8) is 0 Å². The second kappa shape index (κ2) is 7.52. The monoisotopic (exact) mass is 366 g/mol. The molecular weight excluding hydrogens is 348 g/mol. The second-order valence-corrected chi connectivity index (χ2v) is 6.14. The molecular formula is C16H19ClN4O4. The summed E-state index contributed by atoms with van der Waals surface area (Å²) in [6, 6.07) is 5.23. The number of halogens is 1. The molecule has 6 amide bonds. The summed E-state index contributed by atoms with van der Waals surface area (Å²) in [6.07, 6.45) is 0.713. The Morgan fingerprint density at radius 1 is 1.28 bits per heavy atom. The maximum Gasteiger partial charge on any atom is 0.325 e. The first-order valence-electron chi connectivity index (χ1n) is 7.76. The number of rotatable bonds is 5. The topological polar surface area (TPSA) is 108 Å². The highest BCUT2D eigenvalue weighted by Gasteiger charge is 2.50. The molecule has 1 aromatic rings. The number of nitrogens with zero attached hydrogens (tertiary/aromatic N) is 1. The van der Waals surface area contributed by atoms with Crippen LogP contribution in [0.4, 0.5) is 9.59 Å². The number of carbonyl (C=O) groups is 4. The lowest BCUT2D eigenvalue weighted by Gasteiger charge is -2.23. The number of hydrogen-bond acceptors (Lipinski definition) is 4. The van der Waals surface area contributed by atoms with E-state index in [0.29, 0.717) is 23.6 Å². The van der Waals surface area contributed by atoms with Crippen LogP contribution in [0.2, 0.25) is 5.02 Å². The summed E-state index contributed by atoms with van der Waals surface area (Å²) < 4.78 is 0. The molecule has 1 aromatic carbocycles. The summed E-state index contributed by atoms with van der Waals surface area (Å²) in [5.74, 6) is -1.38. The molecule has 9 heteroatoms. The van der Waals surface area contributed by atoms with Crippen molar-refractivity contribution in [2.45, 2.75) is 25.8 Å². The van der Waals surface area contributed by atoms with E-state index in [1.165, 1.54) is 6.92 Å². The standard InChI is InChI=1S/C16H19ClN4O4/c1-3-8-18-14(24)19-12(22)9-21-13(23)16(2,20-15(21)25)10-6-4-5-7-11(10)17/h4-7H,3,8-9H2,1-2H3,(H,20,25)(H2,18,19,22,24). The van der Waals surface area contributed by atoms with Gasteiger partial charge in [-0.2, -0.15) is 0 Å². The van der Waals surface area contributed by atoms with Crippen LogP contribution in [-0.4, -0.2) is 41.9 Å². The highest BCUT2D eigenvalue weighted by molar-refractivity contribution is 6.32. The van der Waals surface area contributed by atoms with E-state index < -0.39 is 36.0 Å². The van der Waals surface area contributed by atoms with Gasteiger partial charge in [0.25, 0.3) is 5.91 Å². The van der Waals surface area contributed by atoms with Gasteiger partial charge in [-0.25, -0.2) is 9.59 Å². The molecule has 0 saturated carbocycles. The van der Waals surface area contributed by atoms with Crippen molar-refractivity contribution in [1.29, 1.82) is 0 Å². The van der Waals surface area contributed by atoms with Gasteiger partial charge in [-0.05, 0) is 19.4 Å². The Kier molecular flexibility index (Phi) is 5.63. The van der Waals surface area contributed by atoms with Gasteiger partial charge in [0.15, 0.2) is 0 Å². The average Bonchev–Trinajstić information content (AvgIpc) is 2.77. The van der Waals surface area contributed by atoms with Crippen LogP contribution >= 0.6 is 11.6 Å². The highest BCUT2D eigenvalue weighted by atomic mass is 35.5. The fraction of sp³-hybridized carbons (Fsp3) is 0.375. The zero-order valence-electron chi connectivity index (χ0n) is 13.9. The molecule has 0 spiro atoms. The van der Waals surface area contributed by atoms with Crippen molar-refractivity contribution >= 4 is 35.5 Å². The van der Waals surface area contributed by atoms with Gasteiger partial charge in [-0.15, -0.1) is 0 Å². The predicted octanol–water partition coefficient (Wildman–Crippen LogP) is 1.34. The number of benzene rings is 1. The molecule has 2 rings (SSSR count). The van der Waals surface area contributed by atoms with E-state index in [9.17, 15) is 19.2 Å². The van der Waals surface area contributed by atoms with Gasteiger partial charge >= 0.3 is 12.1 Å². The van der Waals surface area contributed by atoms with Gasteiger partial charge in [-0.1, -0.05) is 36.7 Å². The molecule has 1 aliphatic heterocycles. The van der Waals surface area contributed by atoms with Crippen LogP contribution in [-0.2, 0) is 15.1 Å². The third kappa shape index (κ3) is 3.90. The Hall–Kier alpha value is -2.61. The minimum Gasteiger partial charge on any atom is -0.338 e. The molecule has 134 valence electrons. The molecule has 0 aromatic heterocycles. The summed E-state index contributed by atoms with van der Waals surface area (Å²) in [5.41, 5.74) is -0.946. The lowest BCUT2D eigenvalue weighted by atomic mass is 9.92. The summed E-state index contributed by atoms with van der Waals surface area (Å²) in [7, 11) is 0. The van der Waals surface area contributed by atoms with Crippen molar-refractivity contribution < 1.29 is 19.2 Å². The lowest BCUT2D eigenvalue weighted by Crippen LogP contribution is -2.47. The van der Waals surface area contributed by atoms with Crippen LogP contribution in [0.15, 0.2) is 24.3 Å². The quantitative estimate of drug-likeness (QED) is 0.683. The summed E-state index contributed by atoms with van der Waals surface area (Å²) in [5, 5.41) is 7.42. The number of nitrogens with one attached hydrogen (secondary N) is 3. The molecule has 25 heavy (non-hydrogen) atoms. The molecule has 8 nitrogen and oxygen atoms in total. The highest BCUT2D eigenvalue weighted by Crippen LogP contribution is 2.33. The SMILES string of the molecule is CCCNC(=O)NC(=O)CN1C(=O)NC(C)(c2ccccc2Cl)C1=O. The van der Waals surface area contributed by atoms with Gasteiger partial charge in [-0.3, -0.25) is 19.8 Å². The maximum atomic E-state index is 12.7. The van der Waals surface area contributed by atoms with E-state index in [4.69, 9.17) is 11.6 Å². The van der Waals surface area contributed by atoms with Gasteiger partial charge in [0.2, 0.25) is 5.91 Å². The van der Waals surface area contributed by atoms with E-state index in [1.807, 2.05) is 6.92 Å². The fourth-order valence-electron chi connectivity index (χ4n) is 2.48. The first kappa shape index (κ1) is 18.7. The van der Waals surface area contributed by atoms with E-state index in [2.05, 4.69) is 16.0 Å². The van der Waals surface area contributed by atoms with E-state index in [-0.39, 0.29) is 0 Å². The van der Waals surface area contributed by atoms with Gasteiger partial charge in [0.1, 0.15) is 12.1 Å². The van der Waals surface area contributed by atoms with Gasteiger partial charge in [0.05, 0.1) is 0 Å². The fourth-order valence-corrected chi connectivity index (χ4v) is 2.81. The lowest BCUT2D eigenvalue weighted by molar-refractivity contribution is -0.134. The first-order chi connectivity index (χ1) is 11.8. The van der Waals surface area contributed by atoms with Crippen LogP contribution in [0, 0.1) is 0 Å². The van der Waals surface area contributed by atoms with Crippen molar-refractivity contribution in [2.75, 3.05) is 13.1 Å². The minimum absolute atomic E-state index is 0.323. The molecule has 1 atom stereocenters. The van der Waals surface area contributed by atoms with E-state index in [0.717, 1.165) is 4.90 Å². The molecule has 0 aliphatic carbocycles. The minimum atomic E-state index is -1.37. The molecule has 0 bridgehead atoms. The number of amides is 6. The molecule has 1 fully saturated rings. The number of hydrogen-bond donors (Lipinski definition) is 3. The normalized spacial score (nSPS) is 19.6. The summed E-state index contributed by atoms with van der Waals surface area (Å²) in [4.78, 5) is 49.0. The van der Waals surface area contributed by atoms with Crippen LogP contribution in [0.25, 0.3) is 0 Å². The molecule has 1 saturated heterocycles. The smallest absolute Gasteiger partial charge is 0.325 e. The van der Waals surface area contributed by atoms with Gasteiger partial charge in [0, 0.05) is 17.1 Å². The molecule has 0 radical (unpaired) electrons. The molecule has 1 unspecified atom stereocenters. The Morgan fingerprint density at radius 3 is 2.60 bits per heavy atom. The van der Waals surface area contributed by atoms with E-state index >= 15 is 0 Å². The Balaban J connectivity index is 2.10. The Bertz CT molecular complexity index is 724. The molecule has 3 N–H and O–H groups in total. The van der Waals surface area contributed by atoms with Crippen molar-refractivity contribution in [3.05, 3.63) is 34.9 Å². The van der Waals surface area contributed by atoms with Gasteiger partial charge < -0.3 is 10.6 Å². The second-order valence-electron chi connectivity index (χ2n) is 5.73. The van der Waals surface area contributed by atoms with Crippen molar-refractivity contribution in [3.8, 4) is 0 Å². The maximum absolute atomic E-state index is 12.7. The van der Waals surface area contributed by atoms with Crippen LogP contribution in [0.5, 0.6) is 0 Å². The largest absolute Gasteiger partial charge is 0.338 e. The number of urea groups is 2. The summed E-state index contributed by atoms with van der Waals surface area (Å²) in [6.45, 7) is 3.22. The summed E-state index contributed by atoms with van der Waals surface area (Å²) >= 11 is 6.12. The third-order valence-electron chi connectivity index (χ3n) is 3.78. The number of imide groups is 2. The van der Waals surface area contributed by atoms with Crippen LogP contribution < -0.4 is 16.0 Å². The first-order valence-corrected chi connectivity index (χ1v) is 8.14.